The Labute approximate surface area is 178 Å². The van der Waals surface area contributed by atoms with Crippen molar-refractivity contribution in [1.29, 1.82) is 0 Å². The number of aryl methyl sites for hydroxylation is 2. The van der Waals surface area contributed by atoms with E-state index in [1.54, 1.807) is 0 Å². The monoisotopic (exact) mass is 431 g/mol. The number of benzene rings is 2. The molecule has 0 unspecified atom stereocenters. The Balaban J connectivity index is 1.72. The zero-order chi connectivity index (χ0) is 21.2. The number of nitrogens with zero attached hydrogens (tertiary/aromatic N) is 1. The zero-order valence-corrected chi connectivity index (χ0v) is 18.2. The normalized spacial score (nSPS) is 11.3. The van der Waals surface area contributed by atoms with Crippen molar-refractivity contribution < 1.29 is 19.4 Å². The third-order valence-electron chi connectivity index (χ3n) is 4.37. The second kappa shape index (κ2) is 8.43. The fraction of sp³-hybridized carbons (Fsp3) is 0.273. The number of aromatic nitrogens is 1. The maximum absolute atomic E-state index is 11.3. The molecule has 0 spiro atoms. The summed E-state index contributed by atoms with van der Waals surface area (Å²) in [5.41, 5.74) is 2.03. The van der Waals surface area contributed by atoms with Gasteiger partial charge < -0.3 is 14.6 Å². The fourth-order valence-electron chi connectivity index (χ4n) is 2.77. The topological polar surface area (TPSA) is 68.7 Å². The van der Waals surface area contributed by atoms with Gasteiger partial charge in [-0.3, -0.25) is 0 Å². The minimum Gasteiger partial charge on any atom is -0.486 e. The van der Waals surface area contributed by atoms with Gasteiger partial charge in [-0.2, -0.15) is 0 Å². The van der Waals surface area contributed by atoms with E-state index in [2.05, 4.69) is 4.98 Å². The lowest BCUT2D eigenvalue weighted by molar-refractivity contribution is -0.152. The zero-order valence-electron chi connectivity index (χ0n) is 16.7. The molecule has 1 heterocycles. The molecular weight excluding hydrogens is 410 g/mol. The van der Waals surface area contributed by atoms with Crippen molar-refractivity contribution >= 4 is 28.9 Å². The first kappa shape index (κ1) is 21.1. The number of hydrogen-bond donors (Lipinski definition) is 1. The van der Waals surface area contributed by atoms with Crippen LogP contribution in [0.25, 0.3) is 11.3 Å². The Hall–Kier alpha value is -2.57. The molecule has 2 aromatic carbocycles. The third-order valence-corrected chi connectivity index (χ3v) is 5.52. The van der Waals surface area contributed by atoms with E-state index in [0.29, 0.717) is 23.1 Å². The number of aliphatic carboxylic acids is 1. The van der Waals surface area contributed by atoms with E-state index in [1.807, 2.05) is 55.6 Å². The summed E-state index contributed by atoms with van der Waals surface area (Å²) in [6.07, 6.45) is 0. The second-order valence-electron chi connectivity index (χ2n) is 7.20. The van der Waals surface area contributed by atoms with Crippen LogP contribution in [-0.4, -0.2) is 21.7 Å². The highest BCUT2D eigenvalue weighted by Gasteiger charge is 2.30. The molecule has 7 heteroatoms. The van der Waals surface area contributed by atoms with Crippen LogP contribution in [0, 0.1) is 13.8 Å². The van der Waals surface area contributed by atoms with Gasteiger partial charge in [-0.25, -0.2) is 9.78 Å². The van der Waals surface area contributed by atoms with Crippen molar-refractivity contribution in [3.63, 3.8) is 0 Å². The maximum atomic E-state index is 11.3. The lowest BCUT2D eigenvalue weighted by atomic mass is 10.1. The quantitative estimate of drug-likeness (QED) is 0.504. The van der Waals surface area contributed by atoms with E-state index < -0.39 is 11.6 Å². The Kier molecular flexibility index (Phi) is 6.15. The highest BCUT2D eigenvalue weighted by Crippen LogP contribution is 2.32. The van der Waals surface area contributed by atoms with Gasteiger partial charge in [0.1, 0.15) is 23.1 Å². The van der Waals surface area contributed by atoms with Gasteiger partial charge in [0.25, 0.3) is 0 Å². The van der Waals surface area contributed by atoms with Crippen molar-refractivity contribution in [3.8, 4) is 22.8 Å². The first-order valence-corrected chi connectivity index (χ1v) is 10.3. The average molecular weight is 432 g/mol. The van der Waals surface area contributed by atoms with Crippen LogP contribution >= 0.6 is 22.9 Å². The number of thiazole rings is 1. The van der Waals surface area contributed by atoms with Crippen LogP contribution in [0.5, 0.6) is 11.5 Å². The molecule has 3 aromatic rings. The van der Waals surface area contributed by atoms with Crippen LogP contribution in [-0.2, 0) is 11.4 Å². The molecule has 0 saturated carbocycles. The van der Waals surface area contributed by atoms with Crippen LogP contribution in [0.2, 0.25) is 5.02 Å². The second-order valence-corrected chi connectivity index (χ2v) is 8.55. The number of halogens is 1. The fourth-order valence-corrected chi connectivity index (χ4v) is 3.71. The summed E-state index contributed by atoms with van der Waals surface area (Å²) in [7, 11) is 0. The lowest BCUT2D eigenvalue weighted by Crippen LogP contribution is -2.38. The standard InChI is InChI=1S/C22H22ClNO4S/c1-13-9-15(10-14(2)20(13)28-22(3,4)21(25)26)27-11-19-24-18(12-29-19)16-7-5-6-8-17(16)23/h5-10,12H,11H2,1-4H3,(H,25,26). The summed E-state index contributed by atoms with van der Waals surface area (Å²) in [6.45, 7) is 7.11. The van der Waals surface area contributed by atoms with Gasteiger partial charge in [0.05, 0.1) is 5.69 Å². The molecule has 29 heavy (non-hydrogen) atoms. The van der Waals surface area contributed by atoms with Crippen molar-refractivity contribution in [1.82, 2.24) is 4.98 Å². The van der Waals surface area contributed by atoms with E-state index in [4.69, 9.17) is 21.1 Å². The molecule has 0 radical (unpaired) electrons. The summed E-state index contributed by atoms with van der Waals surface area (Å²) in [5, 5.41) is 12.7. The predicted molar refractivity (Wildman–Crippen MR) is 115 cm³/mol. The van der Waals surface area contributed by atoms with Crippen LogP contribution in [0.1, 0.15) is 30.0 Å². The number of carbonyl (C=O) groups is 1. The number of carboxylic acid groups (broad SMARTS) is 1. The summed E-state index contributed by atoms with van der Waals surface area (Å²) in [5.74, 6) is 0.213. The minimum atomic E-state index is -1.31. The summed E-state index contributed by atoms with van der Waals surface area (Å²) >= 11 is 7.75. The summed E-state index contributed by atoms with van der Waals surface area (Å²) in [6, 6.07) is 11.3. The summed E-state index contributed by atoms with van der Waals surface area (Å²) in [4.78, 5) is 15.9. The van der Waals surface area contributed by atoms with Crippen LogP contribution in [0.15, 0.2) is 41.8 Å². The lowest BCUT2D eigenvalue weighted by Gasteiger charge is -2.24. The van der Waals surface area contributed by atoms with Crippen molar-refractivity contribution in [2.75, 3.05) is 0 Å². The molecule has 0 atom stereocenters. The molecule has 1 aromatic heterocycles. The van der Waals surface area contributed by atoms with E-state index in [0.717, 1.165) is 27.4 Å². The molecule has 3 rings (SSSR count). The van der Waals surface area contributed by atoms with Gasteiger partial charge in [-0.05, 0) is 57.0 Å². The number of carboxylic acids is 1. The Morgan fingerprint density at radius 1 is 1.21 bits per heavy atom. The average Bonchev–Trinajstić information content (AvgIpc) is 3.12. The van der Waals surface area contributed by atoms with Crippen molar-refractivity contribution in [2.45, 2.75) is 39.9 Å². The predicted octanol–water partition coefficient (Wildman–Crippen LogP) is 5.90. The van der Waals surface area contributed by atoms with Gasteiger partial charge in [0, 0.05) is 16.0 Å². The first-order chi connectivity index (χ1) is 13.7. The molecule has 0 fully saturated rings. The van der Waals surface area contributed by atoms with Crippen molar-refractivity contribution in [2.24, 2.45) is 0 Å². The molecule has 0 bridgehead atoms. The summed E-state index contributed by atoms with van der Waals surface area (Å²) < 4.78 is 11.6. The molecule has 0 aliphatic rings. The van der Waals surface area contributed by atoms with Gasteiger partial charge in [0.2, 0.25) is 0 Å². The largest absolute Gasteiger partial charge is 0.486 e. The van der Waals surface area contributed by atoms with Gasteiger partial charge >= 0.3 is 5.97 Å². The minimum absolute atomic E-state index is 0.328. The smallest absolute Gasteiger partial charge is 0.347 e. The highest BCUT2D eigenvalue weighted by atomic mass is 35.5. The Bertz CT molecular complexity index is 1020. The van der Waals surface area contributed by atoms with Gasteiger partial charge in [-0.1, -0.05) is 29.8 Å². The van der Waals surface area contributed by atoms with Crippen LogP contribution in [0.4, 0.5) is 0 Å². The number of rotatable bonds is 7. The van der Waals surface area contributed by atoms with E-state index in [-0.39, 0.29) is 0 Å². The molecule has 0 saturated heterocycles. The molecule has 0 amide bonds. The SMILES string of the molecule is Cc1cc(OCc2nc(-c3ccccc3Cl)cs2)cc(C)c1OC(C)(C)C(=O)O. The van der Waals surface area contributed by atoms with E-state index in [9.17, 15) is 9.90 Å². The maximum Gasteiger partial charge on any atom is 0.347 e. The highest BCUT2D eigenvalue weighted by molar-refractivity contribution is 7.09. The van der Waals surface area contributed by atoms with Crippen LogP contribution in [0.3, 0.4) is 0 Å². The third kappa shape index (κ3) is 4.89. The Morgan fingerprint density at radius 2 is 1.86 bits per heavy atom. The molecule has 0 aliphatic heterocycles. The van der Waals surface area contributed by atoms with Crippen LogP contribution < -0.4 is 9.47 Å². The number of hydrogen-bond acceptors (Lipinski definition) is 5. The van der Waals surface area contributed by atoms with Crippen molar-refractivity contribution in [3.05, 3.63) is 62.9 Å². The Morgan fingerprint density at radius 3 is 2.48 bits per heavy atom. The molecule has 0 aliphatic carbocycles. The molecule has 152 valence electrons. The first-order valence-electron chi connectivity index (χ1n) is 9.03. The van der Waals surface area contributed by atoms with Gasteiger partial charge in [-0.15, -0.1) is 11.3 Å². The molecular formula is C22H22ClNO4S. The van der Waals surface area contributed by atoms with Gasteiger partial charge in [0.15, 0.2) is 5.60 Å². The number of ether oxygens (including phenoxy) is 2. The molecule has 5 nitrogen and oxygen atoms in total. The van der Waals surface area contributed by atoms with E-state index >= 15 is 0 Å². The molecule has 1 N–H and O–H groups in total. The van der Waals surface area contributed by atoms with E-state index in [1.165, 1.54) is 25.2 Å².